The van der Waals surface area contributed by atoms with Gasteiger partial charge in [0.2, 0.25) is 11.8 Å². The molecule has 20 heavy (non-hydrogen) atoms. The first-order chi connectivity index (χ1) is 9.67. The highest BCUT2D eigenvalue weighted by Gasteiger charge is 2.10. The molecular formula is C11H17N7O2. The standard InChI is InChI=1S/C11H17N7O2/c1-8-14-16-11(20-8)13-10(19)7-18-6-9(15-17-18)4-2-3-5-12/h6H,2-5,7,12H2,1H3,(H,13,16,19). The highest BCUT2D eigenvalue weighted by molar-refractivity contribution is 5.88. The van der Waals surface area contributed by atoms with Crippen LogP contribution in [0.25, 0.3) is 0 Å². The number of nitrogens with zero attached hydrogens (tertiary/aromatic N) is 5. The fraction of sp³-hybridized carbons (Fsp3) is 0.545. The summed E-state index contributed by atoms with van der Waals surface area (Å²) in [6.07, 6.45) is 4.46. The summed E-state index contributed by atoms with van der Waals surface area (Å²) < 4.78 is 6.52. The lowest BCUT2D eigenvalue weighted by Crippen LogP contribution is -2.19. The Hall–Kier alpha value is -2.29. The molecule has 0 fully saturated rings. The van der Waals surface area contributed by atoms with Crippen LogP contribution in [-0.2, 0) is 17.8 Å². The number of amides is 1. The van der Waals surface area contributed by atoms with Crippen LogP contribution in [0, 0.1) is 6.92 Å². The number of anilines is 1. The van der Waals surface area contributed by atoms with Gasteiger partial charge in [-0.15, -0.1) is 10.2 Å². The summed E-state index contributed by atoms with van der Waals surface area (Å²) in [4.78, 5) is 11.7. The van der Waals surface area contributed by atoms with Crippen LogP contribution in [0.1, 0.15) is 24.4 Å². The molecule has 0 saturated carbocycles. The van der Waals surface area contributed by atoms with Crippen molar-refractivity contribution in [2.24, 2.45) is 5.73 Å². The van der Waals surface area contributed by atoms with E-state index >= 15 is 0 Å². The van der Waals surface area contributed by atoms with E-state index in [4.69, 9.17) is 10.2 Å². The van der Waals surface area contributed by atoms with Crippen LogP contribution in [-0.4, -0.2) is 37.6 Å². The van der Waals surface area contributed by atoms with Crippen molar-refractivity contribution in [3.05, 3.63) is 17.8 Å². The highest BCUT2D eigenvalue weighted by atomic mass is 16.4. The number of carbonyl (C=O) groups excluding carboxylic acids is 1. The molecule has 3 N–H and O–H groups in total. The van der Waals surface area contributed by atoms with Crippen LogP contribution in [0.3, 0.4) is 0 Å². The van der Waals surface area contributed by atoms with E-state index in [0.717, 1.165) is 25.0 Å². The topological polar surface area (TPSA) is 125 Å². The molecule has 0 aliphatic heterocycles. The molecule has 0 radical (unpaired) electrons. The Bertz CT molecular complexity index is 563. The van der Waals surface area contributed by atoms with E-state index in [1.165, 1.54) is 4.68 Å². The quantitative estimate of drug-likeness (QED) is 0.677. The van der Waals surface area contributed by atoms with Gasteiger partial charge in [-0.3, -0.25) is 10.1 Å². The minimum Gasteiger partial charge on any atom is -0.408 e. The Morgan fingerprint density at radius 1 is 1.40 bits per heavy atom. The van der Waals surface area contributed by atoms with Crippen molar-refractivity contribution in [2.45, 2.75) is 32.7 Å². The molecule has 0 aliphatic rings. The second-order valence-electron chi connectivity index (χ2n) is 4.33. The molecule has 2 rings (SSSR count). The molecule has 2 heterocycles. The first-order valence-corrected chi connectivity index (χ1v) is 6.36. The second kappa shape index (κ2) is 6.75. The SMILES string of the molecule is Cc1nnc(NC(=O)Cn2cc(CCCCN)nn2)o1. The predicted octanol–water partition coefficient (Wildman–Crippen LogP) is -0.110. The molecule has 0 aliphatic carbocycles. The average molecular weight is 279 g/mol. The molecule has 0 atom stereocenters. The summed E-state index contributed by atoms with van der Waals surface area (Å²) in [6.45, 7) is 2.36. The van der Waals surface area contributed by atoms with Gasteiger partial charge < -0.3 is 10.2 Å². The number of hydrogen-bond donors (Lipinski definition) is 2. The molecule has 0 aromatic carbocycles. The van der Waals surface area contributed by atoms with E-state index in [1.54, 1.807) is 13.1 Å². The number of nitrogens with two attached hydrogens (primary N) is 1. The third-order valence-electron chi connectivity index (χ3n) is 2.55. The third-order valence-corrected chi connectivity index (χ3v) is 2.55. The van der Waals surface area contributed by atoms with Crippen LogP contribution in [0.4, 0.5) is 6.01 Å². The summed E-state index contributed by atoms with van der Waals surface area (Å²) in [5.41, 5.74) is 6.27. The fourth-order valence-electron chi connectivity index (χ4n) is 1.63. The summed E-state index contributed by atoms with van der Waals surface area (Å²) in [6, 6.07) is 0.0794. The number of aromatic nitrogens is 5. The molecule has 0 unspecified atom stereocenters. The first kappa shape index (κ1) is 14.1. The van der Waals surface area contributed by atoms with Crippen molar-refractivity contribution >= 4 is 11.9 Å². The van der Waals surface area contributed by atoms with Crippen LogP contribution < -0.4 is 11.1 Å². The van der Waals surface area contributed by atoms with Crippen molar-refractivity contribution in [3.63, 3.8) is 0 Å². The van der Waals surface area contributed by atoms with Gasteiger partial charge in [0.25, 0.3) is 0 Å². The molecule has 9 heteroatoms. The highest BCUT2D eigenvalue weighted by Crippen LogP contribution is 2.04. The normalized spacial score (nSPS) is 10.7. The number of nitrogens with one attached hydrogen (secondary N) is 1. The van der Waals surface area contributed by atoms with Crippen LogP contribution in [0.2, 0.25) is 0 Å². The maximum Gasteiger partial charge on any atom is 0.322 e. The van der Waals surface area contributed by atoms with Crippen LogP contribution >= 0.6 is 0 Å². The molecule has 9 nitrogen and oxygen atoms in total. The lowest BCUT2D eigenvalue weighted by molar-refractivity contribution is -0.117. The van der Waals surface area contributed by atoms with E-state index in [1.807, 2.05) is 0 Å². The van der Waals surface area contributed by atoms with Crippen LogP contribution in [0.5, 0.6) is 0 Å². The van der Waals surface area contributed by atoms with Crippen molar-refractivity contribution in [1.82, 2.24) is 25.2 Å². The zero-order chi connectivity index (χ0) is 14.4. The number of hydrogen-bond acceptors (Lipinski definition) is 7. The minimum atomic E-state index is -0.299. The lowest BCUT2D eigenvalue weighted by atomic mass is 10.2. The molecule has 108 valence electrons. The van der Waals surface area contributed by atoms with Gasteiger partial charge in [0.05, 0.1) is 5.69 Å². The zero-order valence-electron chi connectivity index (χ0n) is 11.2. The predicted molar refractivity (Wildman–Crippen MR) is 69.7 cm³/mol. The van der Waals surface area contributed by atoms with E-state index in [0.29, 0.717) is 12.4 Å². The molecule has 0 saturated heterocycles. The van der Waals surface area contributed by atoms with Gasteiger partial charge in [-0.05, 0) is 25.8 Å². The third kappa shape index (κ3) is 4.12. The summed E-state index contributed by atoms with van der Waals surface area (Å²) in [5, 5.41) is 17.7. The van der Waals surface area contributed by atoms with E-state index in [-0.39, 0.29) is 18.5 Å². The van der Waals surface area contributed by atoms with Gasteiger partial charge in [0.1, 0.15) is 6.54 Å². The number of unbranched alkanes of at least 4 members (excludes halogenated alkanes) is 1. The van der Waals surface area contributed by atoms with Gasteiger partial charge in [0.15, 0.2) is 0 Å². The summed E-state index contributed by atoms with van der Waals surface area (Å²) in [5.74, 6) is 0.0929. The van der Waals surface area contributed by atoms with Crippen molar-refractivity contribution < 1.29 is 9.21 Å². The van der Waals surface area contributed by atoms with Crippen molar-refractivity contribution in [1.29, 1.82) is 0 Å². The maximum atomic E-state index is 11.7. The maximum absolute atomic E-state index is 11.7. The van der Waals surface area contributed by atoms with E-state index in [9.17, 15) is 4.79 Å². The molecule has 2 aromatic heterocycles. The van der Waals surface area contributed by atoms with Crippen molar-refractivity contribution in [2.75, 3.05) is 11.9 Å². The number of aryl methyl sites for hydroxylation is 2. The first-order valence-electron chi connectivity index (χ1n) is 6.36. The molecule has 1 amide bonds. The zero-order valence-corrected chi connectivity index (χ0v) is 11.2. The number of rotatable bonds is 7. The summed E-state index contributed by atoms with van der Waals surface area (Å²) >= 11 is 0. The Balaban J connectivity index is 1.82. The van der Waals surface area contributed by atoms with Gasteiger partial charge in [-0.1, -0.05) is 10.3 Å². The minimum absolute atomic E-state index is 0.0469. The van der Waals surface area contributed by atoms with E-state index in [2.05, 4.69) is 25.8 Å². The monoisotopic (exact) mass is 279 g/mol. The molecule has 0 bridgehead atoms. The van der Waals surface area contributed by atoms with Gasteiger partial charge in [-0.25, -0.2) is 4.68 Å². The molecule has 0 spiro atoms. The Morgan fingerprint density at radius 3 is 2.95 bits per heavy atom. The van der Waals surface area contributed by atoms with E-state index < -0.39 is 0 Å². The van der Waals surface area contributed by atoms with Gasteiger partial charge in [-0.2, -0.15) is 0 Å². The molecule has 2 aromatic rings. The molecular weight excluding hydrogens is 262 g/mol. The second-order valence-corrected chi connectivity index (χ2v) is 4.33. The lowest BCUT2D eigenvalue weighted by Gasteiger charge is -1.99. The Kier molecular flexibility index (Phi) is 4.77. The van der Waals surface area contributed by atoms with Crippen LogP contribution in [0.15, 0.2) is 10.6 Å². The Morgan fingerprint density at radius 2 is 2.25 bits per heavy atom. The smallest absolute Gasteiger partial charge is 0.322 e. The average Bonchev–Trinajstić information content (AvgIpc) is 2.99. The largest absolute Gasteiger partial charge is 0.408 e. The summed E-state index contributed by atoms with van der Waals surface area (Å²) in [7, 11) is 0. The van der Waals surface area contributed by atoms with Gasteiger partial charge >= 0.3 is 6.01 Å². The van der Waals surface area contributed by atoms with Gasteiger partial charge in [0, 0.05) is 13.1 Å². The fourth-order valence-corrected chi connectivity index (χ4v) is 1.63. The number of carbonyl (C=O) groups is 1. The Labute approximate surface area is 115 Å². The van der Waals surface area contributed by atoms with Crippen molar-refractivity contribution in [3.8, 4) is 0 Å².